The summed E-state index contributed by atoms with van der Waals surface area (Å²) in [4.78, 5) is 1.30. The quantitative estimate of drug-likeness (QED) is 0.207. The fourth-order valence-electron chi connectivity index (χ4n) is 2.11. The lowest BCUT2D eigenvalue weighted by molar-refractivity contribution is 0.778. The fourth-order valence-corrected chi connectivity index (χ4v) is 3.63. The Morgan fingerprint density at radius 3 is 2.52 bits per heavy atom. The summed E-state index contributed by atoms with van der Waals surface area (Å²) in [5.41, 5.74) is 8.14. The van der Waals surface area contributed by atoms with Crippen LogP contribution < -0.4 is 5.73 Å². The molecule has 0 aliphatic rings. The zero-order valence-corrected chi connectivity index (χ0v) is 16.2. The van der Waals surface area contributed by atoms with E-state index in [1.54, 1.807) is 6.21 Å². The Labute approximate surface area is 159 Å². The number of benzene rings is 2. The Kier molecular flexibility index (Phi) is 9.23. The molecule has 5 heteroatoms. The highest BCUT2D eigenvalue weighted by Gasteiger charge is 1.97. The van der Waals surface area contributed by atoms with Crippen molar-refractivity contribution in [3.63, 3.8) is 0 Å². The highest BCUT2D eigenvalue weighted by molar-refractivity contribution is 8.13. The molecule has 0 saturated carbocycles. The van der Waals surface area contributed by atoms with Crippen LogP contribution >= 0.6 is 23.5 Å². The highest BCUT2D eigenvalue weighted by Crippen LogP contribution is 2.19. The van der Waals surface area contributed by atoms with Crippen molar-refractivity contribution >= 4 is 34.9 Å². The van der Waals surface area contributed by atoms with Crippen molar-refractivity contribution in [3.05, 3.63) is 65.7 Å². The van der Waals surface area contributed by atoms with E-state index in [-0.39, 0.29) is 0 Å². The van der Waals surface area contributed by atoms with Crippen molar-refractivity contribution in [2.24, 2.45) is 15.9 Å². The van der Waals surface area contributed by atoms with Crippen LogP contribution in [0, 0.1) is 0 Å². The smallest absolute Gasteiger partial charge is 0.180 e. The number of unbranched alkanes of at least 4 members (excludes halogenated alkanes) is 2. The monoisotopic (exact) mass is 371 g/mol. The average Bonchev–Trinajstić information content (AvgIpc) is 2.66. The van der Waals surface area contributed by atoms with E-state index >= 15 is 0 Å². The summed E-state index contributed by atoms with van der Waals surface area (Å²) < 4.78 is 0. The second-order valence-corrected chi connectivity index (χ2v) is 7.75. The normalized spacial score (nSPS) is 12.0. The average molecular weight is 372 g/mol. The number of hydrogen-bond acceptors (Lipinski definition) is 4. The van der Waals surface area contributed by atoms with Crippen molar-refractivity contribution in [2.75, 3.05) is 5.75 Å². The predicted octanol–water partition coefficient (Wildman–Crippen LogP) is 5.55. The summed E-state index contributed by atoms with van der Waals surface area (Å²) in [6.45, 7) is 2.23. The molecule has 0 bridgehead atoms. The van der Waals surface area contributed by atoms with Gasteiger partial charge in [0.05, 0.1) is 6.21 Å². The lowest BCUT2D eigenvalue weighted by Crippen LogP contribution is -2.05. The fraction of sp³-hybridized carbons (Fsp3) is 0.300. The Bertz CT molecular complexity index is 667. The Balaban J connectivity index is 1.76. The molecule has 3 nitrogen and oxygen atoms in total. The third kappa shape index (κ3) is 8.27. The van der Waals surface area contributed by atoms with E-state index in [1.807, 2.05) is 30.0 Å². The first-order chi connectivity index (χ1) is 12.3. The Morgan fingerprint density at radius 1 is 1.04 bits per heavy atom. The SMILES string of the molecule is CCCCCSc1ccc(C=NN=C(N)SCc2ccccc2)cc1. The number of thioether (sulfide) groups is 2. The van der Waals surface area contributed by atoms with E-state index in [2.05, 4.69) is 53.5 Å². The second kappa shape index (κ2) is 11.8. The molecule has 25 heavy (non-hydrogen) atoms. The first-order valence-electron chi connectivity index (χ1n) is 8.54. The van der Waals surface area contributed by atoms with Crippen molar-refractivity contribution in [1.29, 1.82) is 0 Å². The number of nitrogens with two attached hydrogens (primary N) is 1. The van der Waals surface area contributed by atoms with Gasteiger partial charge in [-0.25, -0.2) is 0 Å². The third-order valence-corrected chi connectivity index (χ3v) is 5.44. The molecule has 0 fully saturated rings. The molecule has 0 amide bonds. The van der Waals surface area contributed by atoms with Gasteiger partial charge in [-0.2, -0.15) is 5.10 Å². The summed E-state index contributed by atoms with van der Waals surface area (Å²) in [5, 5.41) is 8.60. The first-order valence-corrected chi connectivity index (χ1v) is 10.5. The van der Waals surface area contributed by atoms with E-state index in [1.165, 1.54) is 47.2 Å². The molecule has 0 saturated heterocycles. The molecule has 0 aliphatic carbocycles. The van der Waals surface area contributed by atoms with Gasteiger partial charge in [-0.1, -0.05) is 74.0 Å². The van der Waals surface area contributed by atoms with Crippen LogP contribution in [0.25, 0.3) is 0 Å². The van der Waals surface area contributed by atoms with Crippen LogP contribution in [0.4, 0.5) is 0 Å². The highest BCUT2D eigenvalue weighted by atomic mass is 32.2. The molecule has 2 rings (SSSR count). The van der Waals surface area contributed by atoms with E-state index in [0.717, 1.165) is 11.3 Å². The zero-order chi connectivity index (χ0) is 17.7. The van der Waals surface area contributed by atoms with Gasteiger partial charge in [0.15, 0.2) is 5.17 Å². The van der Waals surface area contributed by atoms with Gasteiger partial charge in [0.1, 0.15) is 0 Å². The first kappa shape index (κ1) is 19.6. The molecule has 2 N–H and O–H groups in total. The van der Waals surface area contributed by atoms with Gasteiger partial charge in [0.25, 0.3) is 0 Å². The molecule has 2 aromatic rings. The molecule has 0 spiro atoms. The molecular weight excluding hydrogens is 346 g/mol. The summed E-state index contributed by atoms with van der Waals surface area (Å²) in [6, 6.07) is 18.6. The molecule has 2 aromatic carbocycles. The van der Waals surface area contributed by atoms with Crippen LogP contribution in [0.1, 0.15) is 37.3 Å². The van der Waals surface area contributed by atoms with Crippen LogP contribution in [0.2, 0.25) is 0 Å². The largest absolute Gasteiger partial charge is 0.377 e. The summed E-state index contributed by atoms with van der Waals surface area (Å²) >= 11 is 3.40. The van der Waals surface area contributed by atoms with Gasteiger partial charge in [-0.15, -0.1) is 16.9 Å². The van der Waals surface area contributed by atoms with Crippen LogP contribution in [0.15, 0.2) is 69.7 Å². The summed E-state index contributed by atoms with van der Waals surface area (Å²) in [6.07, 6.45) is 5.59. The van der Waals surface area contributed by atoms with Crippen LogP contribution in [0.5, 0.6) is 0 Å². The molecule has 0 heterocycles. The van der Waals surface area contributed by atoms with Gasteiger partial charge in [-0.05, 0) is 35.4 Å². The second-order valence-electron chi connectivity index (χ2n) is 5.58. The van der Waals surface area contributed by atoms with Crippen LogP contribution in [0.3, 0.4) is 0 Å². The van der Waals surface area contributed by atoms with E-state index < -0.39 is 0 Å². The minimum absolute atomic E-state index is 0.475. The molecule has 132 valence electrons. The minimum Gasteiger partial charge on any atom is -0.377 e. The lowest BCUT2D eigenvalue weighted by atomic mass is 10.2. The maximum absolute atomic E-state index is 5.89. The van der Waals surface area contributed by atoms with E-state index in [4.69, 9.17) is 5.73 Å². The van der Waals surface area contributed by atoms with Gasteiger partial charge in [0, 0.05) is 10.6 Å². The Morgan fingerprint density at radius 2 is 1.80 bits per heavy atom. The number of hydrogen-bond donors (Lipinski definition) is 1. The zero-order valence-electron chi connectivity index (χ0n) is 14.6. The molecule has 0 unspecified atom stereocenters. The van der Waals surface area contributed by atoms with Crippen LogP contribution in [-0.4, -0.2) is 17.1 Å². The van der Waals surface area contributed by atoms with Crippen molar-refractivity contribution in [3.8, 4) is 0 Å². The van der Waals surface area contributed by atoms with Crippen molar-refractivity contribution in [2.45, 2.75) is 36.8 Å². The molecular formula is C20H25N3S2. The van der Waals surface area contributed by atoms with Crippen LogP contribution in [-0.2, 0) is 5.75 Å². The summed E-state index contributed by atoms with van der Waals surface area (Å²) in [5.74, 6) is 1.98. The lowest BCUT2D eigenvalue weighted by Gasteiger charge is -2.01. The molecule has 0 atom stereocenters. The van der Waals surface area contributed by atoms with Gasteiger partial charge >= 0.3 is 0 Å². The topological polar surface area (TPSA) is 50.7 Å². The maximum Gasteiger partial charge on any atom is 0.180 e. The number of nitrogens with zero attached hydrogens (tertiary/aromatic N) is 2. The van der Waals surface area contributed by atoms with Crippen molar-refractivity contribution < 1.29 is 0 Å². The standard InChI is InChI=1S/C20H25N3S2/c1-2-3-7-14-24-19-12-10-17(11-13-19)15-22-23-20(21)25-16-18-8-5-4-6-9-18/h4-6,8-13,15H,2-3,7,14,16H2,1H3,(H2,21,23). The third-order valence-electron chi connectivity index (χ3n) is 3.49. The summed E-state index contributed by atoms with van der Waals surface area (Å²) in [7, 11) is 0. The van der Waals surface area contributed by atoms with E-state index in [9.17, 15) is 0 Å². The maximum atomic E-state index is 5.89. The van der Waals surface area contributed by atoms with Gasteiger partial charge in [0.2, 0.25) is 0 Å². The number of rotatable bonds is 9. The van der Waals surface area contributed by atoms with Gasteiger partial charge in [-0.3, -0.25) is 0 Å². The van der Waals surface area contributed by atoms with Gasteiger partial charge < -0.3 is 5.73 Å². The predicted molar refractivity (Wildman–Crippen MR) is 114 cm³/mol. The minimum atomic E-state index is 0.475. The molecule has 0 radical (unpaired) electrons. The number of amidine groups is 1. The van der Waals surface area contributed by atoms with Crippen molar-refractivity contribution in [1.82, 2.24) is 0 Å². The molecule has 0 aliphatic heterocycles. The Hall–Kier alpha value is -1.72. The molecule has 0 aromatic heterocycles. The van der Waals surface area contributed by atoms with E-state index in [0.29, 0.717) is 5.17 Å².